The number of rotatable bonds is 5. The molecule has 3 N–H and O–H groups in total. The van der Waals surface area contributed by atoms with Crippen LogP contribution in [-0.4, -0.2) is 61.0 Å². The molecule has 2 aliphatic rings. The van der Waals surface area contributed by atoms with Crippen LogP contribution in [-0.2, 0) is 19.1 Å². The van der Waals surface area contributed by atoms with Crippen molar-refractivity contribution in [3.8, 4) is 0 Å². The minimum atomic E-state index is -1.13. The number of aromatic amines is 1. The van der Waals surface area contributed by atoms with E-state index >= 15 is 0 Å². The van der Waals surface area contributed by atoms with Gasteiger partial charge in [-0.2, -0.15) is 4.98 Å². The van der Waals surface area contributed by atoms with E-state index in [0.29, 0.717) is 5.95 Å². The van der Waals surface area contributed by atoms with Gasteiger partial charge in [0.1, 0.15) is 5.82 Å². The molecule has 2 aliphatic heterocycles. The minimum absolute atomic E-state index is 0.0113. The number of anilines is 3. The Morgan fingerprint density at radius 2 is 1.65 bits per heavy atom. The van der Waals surface area contributed by atoms with Gasteiger partial charge >= 0.3 is 11.9 Å². The van der Waals surface area contributed by atoms with Crippen LogP contribution in [0.15, 0.2) is 23.0 Å². The van der Waals surface area contributed by atoms with Gasteiger partial charge in [0.05, 0.1) is 36.8 Å². The van der Waals surface area contributed by atoms with E-state index in [9.17, 15) is 24.0 Å². The van der Waals surface area contributed by atoms with Crippen LogP contribution >= 0.6 is 0 Å². The fraction of sp³-hybridized carbons (Fsp3) is 0.364. The molecule has 0 radical (unpaired) electrons. The van der Waals surface area contributed by atoms with E-state index in [1.54, 1.807) is 0 Å². The summed E-state index contributed by atoms with van der Waals surface area (Å²) in [7, 11) is 2.36. The molecule has 0 bridgehead atoms. The fourth-order valence-corrected chi connectivity index (χ4v) is 4.06. The summed E-state index contributed by atoms with van der Waals surface area (Å²) in [6.07, 6.45) is 1.67. The third-order valence-corrected chi connectivity index (χ3v) is 5.70. The predicted molar refractivity (Wildman–Crippen MR) is 120 cm³/mol. The Hall–Kier alpha value is -4.22. The molecule has 1 atom stereocenters. The summed E-state index contributed by atoms with van der Waals surface area (Å²) in [5.41, 5.74) is -0.364. The summed E-state index contributed by atoms with van der Waals surface area (Å²) in [6, 6.07) is 3.91. The van der Waals surface area contributed by atoms with Crippen molar-refractivity contribution in [3.63, 3.8) is 0 Å². The molecule has 2 amide bonds. The van der Waals surface area contributed by atoms with Crippen molar-refractivity contribution in [3.05, 3.63) is 45.2 Å². The number of carbonyl (C=O) groups is 4. The lowest BCUT2D eigenvalue weighted by Gasteiger charge is -2.25. The first-order valence-corrected chi connectivity index (χ1v) is 10.6. The lowest BCUT2D eigenvalue weighted by atomic mass is 9.92. The number of fused-ring (bicyclic) bond motifs is 1. The van der Waals surface area contributed by atoms with Crippen molar-refractivity contribution < 1.29 is 28.7 Å². The van der Waals surface area contributed by atoms with Crippen LogP contribution < -0.4 is 21.1 Å². The molecule has 1 saturated heterocycles. The van der Waals surface area contributed by atoms with E-state index in [2.05, 4.69) is 20.6 Å². The van der Waals surface area contributed by atoms with Crippen LogP contribution in [0.1, 0.15) is 51.5 Å². The number of amides is 2. The minimum Gasteiger partial charge on any atom is -0.465 e. The maximum atomic E-state index is 13.2. The summed E-state index contributed by atoms with van der Waals surface area (Å²) in [6.45, 7) is 1.47. The zero-order valence-corrected chi connectivity index (χ0v) is 18.6. The molecule has 3 heterocycles. The standard InChI is InChI=1S/C22H23N5O7/c1-33-20(31)11-7-12(21(32)34-2)9-13(8-11)23-18(29)14-10-15(28)24-17-16(14)19(30)26-22(25-17)27-5-3-4-6-27/h7-9,14H,3-6,10H2,1-2H3,(H,23,29)(H2,24,25,26,28,30)/t14-/m0/s1. The predicted octanol–water partition coefficient (Wildman–Crippen LogP) is 1.01. The fourth-order valence-electron chi connectivity index (χ4n) is 4.06. The highest BCUT2D eigenvalue weighted by Crippen LogP contribution is 2.31. The van der Waals surface area contributed by atoms with E-state index in [1.807, 2.05) is 4.90 Å². The third kappa shape index (κ3) is 4.47. The van der Waals surface area contributed by atoms with Crippen molar-refractivity contribution in [2.24, 2.45) is 0 Å². The number of nitrogens with zero attached hydrogens (tertiary/aromatic N) is 2. The number of esters is 2. The lowest BCUT2D eigenvalue weighted by Crippen LogP contribution is -2.37. The van der Waals surface area contributed by atoms with Crippen LogP contribution in [0.25, 0.3) is 0 Å². The van der Waals surface area contributed by atoms with Crippen LogP contribution in [0.3, 0.4) is 0 Å². The van der Waals surface area contributed by atoms with Gasteiger partial charge in [-0.1, -0.05) is 0 Å². The summed E-state index contributed by atoms with van der Waals surface area (Å²) in [5, 5.41) is 5.16. The second kappa shape index (κ2) is 9.33. The summed E-state index contributed by atoms with van der Waals surface area (Å²) in [5.74, 6) is -3.32. The number of hydrogen-bond acceptors (Lipinski definition) is 9. The molecular formula is C22H23N5O7. The molecular weight excluding hydrogens is 446 g/mol. The van der Waals surface area contributed by atoms with Gasteiger partial charge in [0.2, 0.25) is 17.8 Å². The molecule has 34 heavy (non-hydrogen) atoms. The van der Waals surface area contributed by atoms with Gasteiger partial charge in [-0.25, -0.2) is 9.59 Å². The number of carbonyl (C=O) groups excluding carboxylic acids is 4. The molecule has 1 aromatic carbocycles. The van der Waals surface area contributed by atoms with Crippen molar-refractivity contribution in [2.75, 3.05) is 42.8 Å². The Labute approximate surface area is 193 Å². The second-order valence-electron chi connectivity index (χ2n) is 7.92. The SMILES string of the molecule is COC(=O)c1cc(NC(=O)[C@H]2CC(=O)Nc3nc(N4CCCC4)[nH]c(=O)c32)cc(C(=O)OC)c1. The van der Waals surface area contributed by atoms with Crippen molar-refractivity contribution in [1.82, 2.24) is 9.97 Å². The molecule has 4 rings (SSSR count). The van der Waals surface area contributed by atoms with Gasteiger partial charge in [-0.05, 0) is 31.0 Å². The molecule has 12 nitrogen and oxygen atoms in total. The number of benzene rings is 1. The molecule has 0 unspecified atom stereocenters. The molecule has 0 aliphatic carbocycles. The largest absolute Gasteiger partial charge is 0.465 e. The first-order chi connectivity index (χ1) is 16.3. The second-order valence-corrected chi connectivity index (χ2v) is 7.92. The van der Waals surface area contributed by atoms with Gasteiger partial charge in [-0.15, -0.1) is 0 Å². The zero-order chi connectivity index (χ0) is 24.4. The molecule has 12 heteroatoms. The van der Waals surface area contributed by atoms with Crippen molar-refractivity contribution >= 4 is 41.2 Å². The van der Waals surface area contributed by atoms with Gasteiger partial charge < -0.3 is 25.0 Å². The van der Waals surface area contributed by atoms with E-state index in [1.165, 1.54) is 32.4 Å². The number of ether oxygens (including phenoxy) is 2. The summed E-state index contributed by atoms with van der Waals surface area (Å²) >= 11 is 0. The van der Waals surface area contributed by atoms with E-state index in [0.717, 1.165) is 25.9 Å². The van der Waals surface area contributed by atoms with Crippen molar-refractivity contribution in [1.29, 1.82) is 0 Å². The van der Waals surface area contributed by atoms with Crippen molar-refractivity contribution in [2.45, 2.75) is 25.2 Å². The first kappa shape index (κ1) is 23.0. The summed E-state index contributed by atoms with van der Waals surface area (Å²) in [4.78, 5) is 71.4. The van der Waals surface area contributed by atoms with E-state index in [-0.39, 0.29) is 34.6 Å². The Morgan fingerprint density at radius 3 is 2.24 bits per heavy atom. The van der Waals surface area contributed by atoms with Crippen LogP contribution in [0.4, 0.5) is 17.5 Å². The van der Waals surface area contributed by atoms with E-state index < -0.39 is 35.2 Å². The topological polar surface area (TPSA) is 160 Å². The number of nitrogens with one attached hydrogen (secondary N) is 3. The van der Waals surface area contributed by atoms with Crippen LogP contribution in [0, 0.1) is 0 Å². The molecule has 1 fully saturated rings. The van der Waals surface area contributed by atoms with Gasteiger partial charge in [0, 0.05) is 25.2 Å². The Kier molecular flexibility index (Phi) is 6.30. The van der Waals surface area contributed by atoms with Crippen LogP contribution in [0.5, 0.6) is 0 Å². The maximum Gasteiger partial charge on any atom is 0.337 e. The highest BCUT2D eigenvalue weighted by Gasteiger charge is 2.35. The average Bonchev–Trinajstić information content (AvgIpc) is 3.37. The lowest BCUT2D eigenvalue weighted by molar-refractivity contribution is -0.123. The third-order valence-electron chi connectivity index (χ3n) is 5.70. The number of methoxy groups -OCH3 is 2. The normalized spacial score (nSPS) is 16.9. The molecule has 2 aromatic rings. The maximum absolute atomic E-state index is 13.2. The van der Waals surface area contributed by atoms with Crippen LogP contribution in [0.2, 0.25) is 0 Å². The van der Waals surface area contributed by atoms with E-state index in [4.69, 9.17) is 9.47 Å². The number of hydrogen-bond donors (Lipinski definition) is 3. The highest BCUT2D eigenvalue weighted by molar-refractivity contribution is 6.05. The smallest absolute Gasteiger partial charge is 0.337 e. The Bertz CT molecular complexity index is 1200. The first-order valence-electron chi connectivity index (χ1n) is 10.6. The number of aromatic nitrogens is 2. The number of H-pyrrole nitrogens is 1. The molecule has 0 spiro atoms. The quantitative estimate of drug-likeness (QED) is 0.543. The molecule has 1 aromatic heterocycles. The zero-order valence-electron chi connectivity index (χ0n) is 18.6. The van der Waals surface area contributed by atoms with Gasteiger partial charge in [-0.3, -0.25) is 19.4 Å². The Balaban J connectivity index is 1.67. The highest BCUT2D eigenvalue weighted by atomic mass is 16.5. The average molecular weight is 469 g/mol. The summed E-state index contributed by atoms with van der Waals surface area (Å²) < 4.78 is 9.39. The monoisotopic (exact) mass is 469 g/mol. The Morgan fingerprint density at radius 1 is 1.03 bits per heavy atom. The molecule has 0 saturated carbocycles. The van der Waals surface area contributed by atoms with Gasteiger partial charge in [0.15, 0.2) is 0 Å². The van der Waals surface area contributed by atoms with Gasteiger partial charge in [0.25, 0.3) is 5.56 Å². The molecule has 178 valence electrons.